The minimum atomic E-state index is -4.84. The number of carbonyl (C=O) groups excluding carboxylic acids is 1. The molecule has 0 spiro atoms. The van der Waals surface area contributed by atoms with E-state index >= 15 is 0 Å². The van der Waals surface area contributed by atoms with Crippen LogP contribution in [-0.2, 0) is 4.74 Å². The molecule has 3 rings (SSSR count). The van der Waals surface area contributed by atoms with E-state index in [1.165, 1.54) is 18.2 Å². The number of hydrogen-bond donors (Lipinski definition) is 0. The molecule has 0 saturated carbocycles. The fourth-order valence-electron chi connectivity index (χ4n) is 3.45. The topological polar surface area (TPSA) is 56.6 Å². The van der Waals surface area contributed by atoms with Crippen molar-refractivity contribution in [2.45, 2.75) is 57.9 Å². The molecular formula is C21H24F5N3O3. The van der Waals surface area contributed by atoms with Crippen molar-refractivity contribution in [1.82, 2.24) is 14.7 Å². The quantitative estimate of drug-likeness (QED) is 0.538. The Kier molecular flexibility index (Phi) is 6.66. The van der Waals surface area contributed by atoms with Crippen LogP contribution in [0.1, 0.15) is 57.3 Å². The van der Waals surface area contributed by atoms with Crippen molar-refractivity contribution in [2.24, 2.45) is 0 Å². The highest BCUT2D eigenvalue weighted by Crippen LogP contribution is 2.32. The largest absolute Gasteiger partial charge is 0.573 e. The molecule has 1 fully saturated rings. The number of nitrogens with zero attached hydrogens (tertiary/aromatic N) is 3. The molecule has 1 amide bonds. The molecule has 0 radical (unpaired) electrons. The number of benzene rings is 1. The van der Waals surface area contributed by atoms with Gasteiger partial charge in [0.2, 0.25) is 0 Å². The van der Waals surface area contributed by atoms with Gasteiger partial charge in [-0.1, -0.05) is 0 Å². The van der Waals surface area contributed by atoms with Gasteiger partial charge in [-0.3, -0.25) is 0 Å². The van der Waals surface area contributed by atoms with Crippen LogP contribution in [0.15, 0.2) is 30.3 Å². The first-order valence-corrected chi connectivity index (χ1v) is 10.0. The Hall–Kier alpha value is -2.85. The summed E-state index contributed by atoms with van der Waals surface area (Å²) in [5, 5.41) is 4.30. The van der Waals surface area contributed by atoms with Gasteiger partial charge in [-0.2, -0.15) is 5.10 Å². The fraction of sp³-hybridized carbons (Fsp3) is 0.524. The number of rotatable bonds is 4. The molecule has 32 heavy (non-hydrogen) atoms. The Morgan fingerprint density at radius 3 is 2.19 bits per heavy atom. The summed E-state index contributed by atoms with van der Waals surface area (Å²) in [5.41, 5.74) is -0.342. The maximum Gasteiger partial charge on any atom is 0.573 e. The van der Waals surface area contributed by atoms with Crippen LogP contribution in [-0.4, -0.2) is 45.8 Å². The van der Waals surface area contributed by atoms with Crippen molar-refractivity contribution in [1.29, 1.82) is 0 Å². The van der Waals surface area contributed by atoms with Crippen molar-refractivity contribution in [3.8, 4) is 11.4 Å². The van der Waals surface area contributed by atoms with Crippen LogP contribution in [0, 0.1) is 0 Å². The van der Waals surface area contributed by atoms with Gasteiger partial charge in [-0.05, 0) is 63.9 Å². The van der Waals surface area contributed by atoms with E-state index in [1.54, 1.807) is 25.7 Å². The van der Waals surface area contributed by atoms with Gasteiger partial charge in [0.1, 0.15) is 17.0 Å². The van der Waals surface area contributed by atoms with Crippen LogP contribution >= 0.6 is 0 Å². The van der Waals surface area contributed by atoms with Crippen molar-refractivity contribution >= 4 is 6.09 Å². The lowest BCUT2D eigenvalue weighted by Crippen LogP contribution is -2.41. The molecule has 0 aliphatic carbocycles. The molecule has 1 aromatic heterocycles. The first-order valence-electron chi connectivity index (χ1n) is 10.0. The predicted octanol–water partition coefficient (Wildman–Crippen LogP) is 5.82. The molecule has 1 aromatic carbocycles. The molecule has 1 aliphatic heterocycles. The number of alkyl halides is 5. The number of likely N-dealkylation sites (tertiary alicyclic amines) is 1. The standard InChI is InChI=1S/C21H24F5N3O3/c1-20(2,3)32-19(30)28-10-8-13(9-11-28)16-12-17(18(22)23)29(27-16)14-4-6-15(7-5-14)31-21(24,25)26/h4-7,12-13,18H,8-11H2,1-3H3. The smallest absolute Gasteiger partial charge is 0.444 e. The molecule has 11 heteroatoms. The van der Waals surface area contributed by atoms with Gasteiger partial charge in [0.15, 0.2) is 0 Å². The van der Waals surface area contributed by atoms with Gasteiger partial charge in [-0.15, -0.1) is 13.2 Å². The minimum absolute atomic E-state index is 0.139. The van der Waals surface area contributed by atoms with Crippen molar-refractivity contribution < 1.29 is 36.2 Å². The first kappa shape index (κ1) is 23.8. The van der Waals surface area contributed by atoms with E-state index in [0.717, 1.165) is 16.8 Å². The summed E-state index contributed by atoms with van der Waals surface area (Å²) in [5.74, 6) is -0.595. The van der Waals surface area contributed by atoms with E-state index in [0.29, 0.717) is 31.6 Å². The first-order chi connectivity index (χ1) is 14.8. The molecule has 2 heterocycles. The Morgan fingerprint density at radius 1 is 1.09 bits per heavy atom. The highest BCUT2D eigenvalue weighted by Gasteiger charge is 2.32. The molecule has 0 bridgehead atoms. The second kappa shape index (κ2) is 8.95. The molecule has 0 unspecified atom stereocenters. The average Bonchev–Trinajstić information content (AvgIpc) is 3.12. The molecular weight excluding hydrogens is 437 g/mol. The fourth-order valence-corrected chi connectivity index (χ4v) is 3.45. The maximum atomic E-state index is 13.6. The van der Waals surface area contributed by atoms with Crippen molar-refractivity contribution in [3.63, 3.8) is 0 Å². The molecule has 0 atom stereocenters. The number of aromatic nitrogens is 2. The summed E-state index contributed by atoms with van der Waals surface area (Å²) < 4.78 is 74.4. The zero-order valence-corrected chi connectivity index (χ0v) is 17.8. The Labute approximate surface area is 181 Å². The number of piperidine rings is 1. The number of halogens is 5. The van der Waals surface area contributed by atoms with Crippen molar-refractivity contribution in [2.75, 3.05) is 13.1 Å². The second-order valence-electron chi connectivity index (χ2n) is 8.49. The normalized spacial score (nSPS) is 15.8. The number of carbonyl (C=O) groups is 1. The number of ether oxygens (including phenoxy) is 2. The lowest BCUT2D eigenvalue weighted by molar-refractivity contribution is -0.274. The van der Waals surface area contributed by atoms with Gasteiger partial charge in [0, 0.05) is 19.0 Å². The molecule has 2 aromatic rings. The van der Waals surface area contributed by atoms with E-state index < -0.39 is 30.2 Å². The van der Waals surface area contributed by atoms with E-state index in [4.69, 9.17) is 4.74 Å². The van der Waals surface area contributed by atoms with Gasteiger partial charge >= 0.3 is 12.5 Å². The van der Waals surface area contributed by atoms with Gasteiger partial charge < -0.3 is 14.4 Å². The highest BCUT2D eigenvalue weighted by atomic mass is 19.4. The summed E-state index contributed by atoms with van der Waals surface area (Å²) >= 11 is 0. The van der Waals surface area contributed by atoms with Crippen LogP contribution in [0.2, 0.25) is 0 Å². The SMILES string of the molecule is CC(C)(C)OC(=O)N1CCC(c2cc(C(F)F)n(-c3ccc(OC(F)(F)F)cc3)n2)CC1. The van der Waals surface area contributed by atoms with Crippen LogP contribution in [0.5, 0.6) is 5.75 Å². The second-order valence-corrected chi connectivity index (χ2v) is 8.49. The number of amides is 1. The van der Waals surface area contributed by atoms with Gasteiger partial charge in [0.05, 0.1) is 11.4 Å². The van der Waals surface area contributed by atoms with Crippen LogP contribution in [0.3, 0.4) is 0 Å². The zero-order valence-electron chi connectivity index (χ0n) is 17.8. The Balaban J connectivity index is 1.74. The maximum absolute atomic E-state index is 13.6. The molecule has 1 saturated heterocycles. The lowest BCUT2D eigenvalue weighted by Gasteiger charge is -2.32. The highest BCUT2D eigenvalue weighted by molar-refractivity contribution is 5.68. The van der Waals surface area contributed by atoms with E-state index in [9.17, 15) is 26.7 Å². The third kappa shape index (κ3) is 6.10. The molecule has 6 nitrogen and oxygen atoms in total. The van der Waals surface area contributed by atoms with E-state index in [2.05, 4.69) is 9.84 Å². The molecule has 1 aliphatic rings. The third-order valence-corrected chi connectivity index (χ3v) is 4.86. The zero-order chi connectivity index (χ0) is 23.7. The van der Waals surface area contributed by atoms with Gasteiger partial charge in [-0.25, -0.2) is 18.3 Å². The summed E-state index contributed by atoms with van der Waals surface area (Å²) in [4.78, 5) is 13.8. The van der Waals surface area contributed by atoms with E-state index in [1.807, 2.05) is 0 Å². The van der Waals surface area contributed by atoms with E-state index in [-0.39, 0.29) is 17.3 Å². The predicted molar refractivity (Wildman–Crippen MR) is 105 cm³/mol. The van der Waals surface area contributed by atoms with Crippen LogP contribution in [0.25, 0.3) is 5.69 Å². The molecule has 176 valence electrons. The average molecular weight is 461 g/mol. The minimum Gasteiger partial charge on any atom is -0.444 e. The van der Waals surface area contributed by atoms with Crippen molar-refractivity contribution in [3.05, 3.63) is 41.7 Å². The summed E-state index contributed by atoms with van der Waals surface area (Å²) in [7, 11) is 0. The van der Waals surface area contributed by atoms with Crippen LogP contribution < -0.4 is 4.74 Å². The summed E-state index contributed by atoms with van der Waals surface area (Å²) in [6.07, 6.45) is -7.04. The summed E-state index contributed by atoms with van der Waals surface area (Å²) in [6.45, 7) is 6.13. The van der Waals surface area contributed by atoms with Gasteiger partial charge in [0.25, 0.3) is 6.43 Å². The Bertz CT molecular complexity index is 928. The monoisotopic (exact) mass is 461 g/mol. The summed E-state index contributed by atoms with van der Waals surface area (Å²) in [6, 6.07) is 5.85. The third-order valence-electron chi connectivity index (χ3n) is 4.86. The number of hydrogen-bond acceptors (Lipinski definition) is 4. The lowest BCUT2D eigenvalue weighted by atomic mass is 9.93. The molecule has 0 N–H and O–H groups in total. The van der Waals surface area contributed by atoms with Crippen LogP contribution in [0.4, 0.5) is 26.7 Å². The Morgan fingerprint density at radius 2 is 1.69 bits per heavy atom.